The minimum atomic E-state index is -1.87. The fraction of sp³-hybridized carbons (Fsp3) is 0.846. The highest BCUT2D eigenvalue weighted by atomic mass is 32.2. The number of amides is 1. The molecule has 2 heterocycles. The number of carbonyl (C=O) groups is 2. The molecule has 0 N–H and O–H groups in total. The summed E-state index contributed by atoms with van der Waals surface area (Å²) in [7, 11) is -1.87. The van der Waals surface area contributed by atoms with Crippen molar-refractivity contribution in [1.82, 2.24) is 4.90 Å². The first kappa shape index (κ1) is 15.1. The number of hydrogen-bond donors (Lipinski definition) is 0. The van der Waals surface area contributed by atoms with E-state index in [4.69, 9.17) is 4.43 Å². The molecular weight excluding hydrogens is 278 g/mol. The van der Waals surface area contributed by atoms with E-state index < -0.39 is 8.32 Å². The zero-order valence-electron chi connectivity index (χ0n) is 12.5. The third-order valence-electron chi connectivity index (χ3n) is 4.53. The van der Waals surface area contributed by atoms with E-state index in [2.05, 4.69) is 33.9 Å². The van der Waals surface area contributed by atoms with Crippen LogP contribution in [0.3, 0.4) is 0 Å². The Morgan fingerprint density at radius 1 is 1.37 bits per heavy atom. The average molecular weight is 301 g/mol. The molecule has 0 saturated carbocycles. The Morgan fingerprint density at radius 2 is 1.95 bits per heavy atom. The molecule has 6 heteroatoms. The summed E-state index contributed by atoms with van der Waals surface area (Å²) in [6, 6.07) is 0. The molecule has 108 valence electrons. The van der Waals surface area contributed by atoms with Crippen LogP contribution < -0.4 is 0 Å². The van der Waals surface area contributed by atoms with Crippen LogP contribution in [-0.2, 0) is 14.0 Å². The van der Waals surface area contributed by atoms with Crippen molar-refractivity contribution in [2.24, 2.45) is 5.92 Å². The molecule has 1 amide bonds. The number of carbonyl (C=O) groups excluding carboxylic acids is 2. The molecule has 2 aliphatic rings. The van der Waals surface area contributed by atoms with Crippen molar-refractivity contribution in [2.45, 2.75) is 57.3 Å². The van der Waals surface area contributed by atoms with Gasteiger partial charge in [-0.25, -0.2) is 0 Å². The Morgan fingerprint density at radius 3 is 2.47 bits per heavy atom. The van der Waals surface area contributed by atoms with Crippen molar-refractivity contribution >= 4 is 31.1 Å². The van der Waals surface area contributed by atoms with E-state index in [1.54, 1.807) is 4.90 Å². The fourth-order valence-corrected chi connectivity index (χ4v) is 5.02. The van der Waals surface area contributed by atoms with Gasteiger partial charge in [0.2, 0.25) is 11.0 Å². The van der Waals surface area contributed by atoms with E-state index in [-0.39, 0.29) is 40.0 Å². The summed E-state index contributed by atoms with van der Waals surface area (Å²) in [5.41, 5.74) is 0. The van der Waals surface area contributed by atoms with Crippen LogP contribution in [0.4, 0.5) is 0 Å². The molecule has 0 radical (unpaired) electrons. The van der Waals surface area contributed by atoms with Crippen molar-refractivity contribution in [3.05, 3.63) is 0 Å². The maximum Gasteiger partial charge on any atom is 0.232 e. The Hall–Kier alpha value is -0.333. The fourth-order valence-electron chi connectivity index (χ4n) is 2.31. The topological polar surface area (TPSA) is 46.6 Å². The van der Waals surface area contributed by atoms with Gasteiger partial charge in [-0.1, -0.05) is 32.5 Å². The maximum absolute atomic E-state index is 12.1. The molecule has 0 aromatic carbocycles. The second-order valence-corrected chi connectivity index (χ2v) is 12.9. The first-order valence-corrected chi connectivity index (χ1v) is 10.5. The summed E-state index contributed by atoms with van der Waals surface area (Å²) in [5, 5.41) is 0.243. The lowest BCUT2D eigenvalue weighted by Gasteiger charge is -2.47. The summed E-state index contributed by atoms with van der Waals surface area (Å²) in [5.74, 6) is -0.0693. The molecule has 2 rings (SSSR count). The third kappa shape index (κ3) is 2.50. The number of thioether (sulfide) groups is 1. The highest BCUT2D eigenvalue weighted by Crippen LogP contribution is 2.45. The van der Waals surface area contributed by atoms with Crippen LogP contribution in [0.1, 0.15) is 27.7 Å². The molecule has 2 aliphatic heterocycles. The number of fused-ring (bicyclic) bond motifs is 1. The number of nitrogens with zero attached hydrogens (tertiary/aromatic N) is 1. The van der Waals surface area contributed by atoms with E-state index in [0.29, 0.717) is 0 Å². The molecule has 0 aromatic rings. The van der Waals surface area contributed by atoms with Gasteiger partial charge >= 0.3 is 0 Å². The SMILES string of the molecule is CC(O[Si](C)(C)C(C)(C)C)C1C(=O)N2CC(=O)SC12. The zero-order chi connectivity index (χ0) is 14.6. The van der Waals surface area contributed by atoms with Gasteiger partial charge in [0.25, 0.3) is 0 Å². The van der Waals surface area contributed by atoms with E-state index >= 15 is 0 Å². The quantitative estimate of drug-likeness (QED) is 0.593. The van der Waals surface area contributed by atoms with Gasteiger partial charge in [0, 0.05) is 0 Å². The molecule has 2 fully saturated rings. The highest BCUT2D eigenvalue weighted by Gasteiger charge is 2.56. The third-order valence-corrected chi connectivity index (χ3v) is 10.3. The molecule has 3 unspecified atom stereocenters. The average Bonchev–Trinajstić information content (AvgIpc) is 2.53. The smallest absolute Gasteiger partial charge is 0.232 e. The molecule has 3 atom stereocenters. The number of hydrogen-bond acceptors (Lipinski definition) is 4. The molecule has 2 saturated heterocycles. The van der Waals surface area contributed by atoms with E-state index in [1.807, 2.05) is 6.92 Å². The minimum absolute atomic E-state index is 0.0137. The predicted molar refractivity (Wildman–Crippen MR) is 79.3 cm³/mol. The van der Waals surface area contributed by atoms with Crippen LogP contribution in [0.25, 0.3) is 0 Å². The van der Waals surface area contributed by atoms with Crippen molar-refractivity contribution in [3.63, 3.8) is 0 Å². The first-order chi connectivity index (χ1) is 8.54. The van der Waals surface area contributed by atoms with Crippen LogP contribution in [0, 0.1) is 5.92 Å². The molecular formula is C13H23NO3SSi. The molecule has 19 heavy (non-hydrogen) atoms. The Kier molecular flexibility index (Phi) is 3.65. The zero-order valence-corrected chi connectivity index (χ0v) is 14.3. The van der Waals surface area contributed by atoms with Crippen LogP contribution in [0.15, 0.2) is 0 Å². The predicted octanol–water partition coefficient (Wildman–Crippen LogP) is 2.45. The Bertz CT molecular complexity index is 419. The lowest BCUT2D eigenvalue weighted by atomic mass is 9.93. The van der Waals surface area contributed by atoms with Gasteiger partial charge in [0.05, 0.1) is 23.9 Å². The largest absolute Gasteiger partial charge is 0.413 e. The van der Waals surface area contributed by atoms with Gasteiger partial charge in [0.15, 0.2) is 8.32 Å². The second kappa shape index (κ2) is 4.60. The Balaban J connectivity index is 2.04. The lowest BCUT2D eigenvalue weighted by Crippen LogP contribution is -2.62. The minimum Gasteiger partial charge on any atom is -0.413 e. The summed E-state index contributed by atoms with van der Waals surface area (Å²) in [6.07, 6.45) is -0.104. The number of β-lactam (4-membered cyclic amide) rings is 1. The second-order valence-electron chi connectivity index (χ2n) is 6.96. The van der Waals surface area contributed by atoms with Crippen molar-refractivity contribution in [2.75, 3.05) is 6.54 Å². The Labute approximate surface area is 120 Å². The van der Waals surface area contributed by atoms with Gasteiger partial charge in [-0.05, 0) is 25.1 Å². The molecule has 0 aromatic heterocycles. The van der Waals surface area contributed by atoms with Gasteiger partial charge in [-0.3, -0.25) is 9.59 Å². The van der Waals surface area contributed by atoms with Gasteiger partial charge in [-0.2, -0.15) is 0 Å². The summed E-state index contributed by atoms with van der Waals surface area (Å²) < 4.78 is 6.29. The summed E-state index contributed by atoms with van der Waals surface area (Å²) >= 11 is 1.29. The lowest BCUT2D eigenvalue weighted by molar-refractivity contribution is -0.155. The number of rotatable bonds is 3. The highest BCUT2D eigenvalue weighted by molar-refractivity contribution is 8.14. The molecule has 4 nitrogen and oxygen atoms in total. The van der Waals surface area contributed by atoms with Crippen LogP contribution in [0.5, 0.6) is 0 Å². The first-order valence-electron chi connectivity index (χ1n) is 6.72. The van der Waals surface area contributed by atoms with E-state index in [9.17, 15) is 9.59 Å². The van der Waals surface area contributed by atoms with Gasteiger partial charge in [0.1, 0.15) is 0 Å². The van der Waals surface area contributed by atoms with E-state index in [0.717, 1.165) is 0 Å². The maximum atomic E-state index is 12.1. The van der Waals surface area contributed by atoms with Crippen LogP contribution in [-0.4, -0.2) is 42.3 Å². The van der Waals surface area contributed by atoms with Crippen molar-refractivity contribution < 1.29 is 14.0 Å². The summed E-state index contributed by atoms with van der Waals surface area (Å²) in [6.45, 7) is 13.2. The van der Waals surface area contributed by atoms with Crippen LogP contribution in [0.2, 0.25) is 18.1 Å². The van der Waals surface area contributed by atoms with Crippen LogP contribution >= 0.6 is 11.8 Å². The van der Waals surface area contributed by atoms with Gasteiger partial charge < -0.3 is 9.33 Å². The molecule has 0 aliphatic carbocycles. The standard InChI is InChI=1S/C13H23NO3SSi/c1-8(17-19(5,6)13(2,3)4)10-11(16)14-7-9(15)18-12(10)14/h8,10,12H,7H2,1-6H3. The van der Waals surface area contributed by atoms with E-state index in [1.165, 1.54) is 11.8 Å². The monoisotopic (exact) mass is 301 g/mol. The summed E-state index contributed by atoms with van der Waals surface area (Å²) in [4.78, 5) is 25.1. The van der Waals surface area contributed by atoms with Crippen molar-refractivity contribution in [1.29, 1.82) is 0 Å². The normalized spacial score (nSPS) is 29.3. The molecule has 0 bridgehead atoms. The van der Waals surface area contributed by atoms with Gasteiger partial charge in [-0.15, -0.1) is 0 Å². The molecule has 0 spiro atoms. The van der Waals surface area contributed by atoms with Crippen molar-refractivity contribution in [3.8, 4) is 0 Å².